The predicted octanol–water partition coefficient (Wildman–Crippen LogP) is 2.11. The molecule has 28 heavy (non-hydrogen) atoms. The molecule has 2 N–H and O–H groups in total. The van der Waals surface area contributed by atoms with Crippen molar-refractivity contribution in [2.24, 2.45) is 0 Å². The van der Waals surface area contributed by atoms with Crippen LogP contribution in [0.15, 0.2) is 0 Å². The predicted molar refractivity (Wildman–Crippen MR) is 109 cm³/mol. The highest BCUT2D eigenvalue weighted by atomic mass is 32.2. The minimum atomic E-state index is -3.21. The molecule has 0 unspecified atom stereocenters. The van der Waals surface area contributed by atoms with E-state index in [-0.39, 0.29) is 5.25 Å². The van der Waals surface area contributed by atoms with Gasteiger partial charge in [-0.3, -0.25) is 4.90 Å². The molecule has 0 aromatic carbocycles. The second kappa shape index (κ2) is 12.6. The van der Waals surface area contributed by atoms with Crippen molar-refractivity contribution < 1.29 is 23.1 Å². The van der Waals surface area contributed by atoms with Crippen molar-refractivity contribution in [3.63, 3.8) is 0 Å². The number of morpholine rings is 1. The Morgan fingerprint density at radius 1 is 1.04 bits per heavy atom. The average Bonchev–Trinajstić information content (AvgIpc) is 3.22. The second-order valence-corrected chi connectivity index (χ2v) is 10.0. The Kier molecular flexibility index (Phi) is 10.5. The molecular weight excluding hydrogens is 382 g/mol. The number of nitrogens with one attached hydrogen (secondary N) is 1. The van der Waals surface area contributed by atoms with E-state index < -0.39 is 16.1 Å². The normalized spacial score (nSPS) is 19.3. The Balaban J connectivity index is 1.75. The zero-order valence-corrected chi connectivity index (χ0v) is 17.8. The third-order valence-corrected chi connectivity index (χ3v) is 8.08. The first kappa shape index (κ1) is 23.4. The smallest absolute Gasteiger partial charge is 0.404 e. The molecule has 2 rings (SSSR count). The van der Waals surface area contributed by atoms with Crippen molar-refractivity contribution in [3.8, 4) is 0 Å². The minimum Gasteiger partial charge on any atom is -0.465 e. The van der Waals surface area contributed by atoms with Crippen LogP contribution in [0, 0.1) is 0 Å². The first-order valence-corrected chi connectivity index (χ1v) is 12.3. The lowest BCUT2D eigenvalue weighted by Gasteiger charge is -2.29. The fourth-order valence-electron chi connectivity index (χ4n) is 4.02. The van der Waals surface area contributed by atoms with Crippen LogP contribution in [-0.4, -0.2) is 86.6 Å². The highest BCUT2D eigenvalue weighted by molar-refractivity contribution is 7.89. The summed E-state index contributed by atoms with van der Waals surface area (Å²) in [6, 6.07) is 0. The first-order valence-electron chi connectivity index (χ1n) is 10.8. The molecule has 1 saturated carbocycles. The molecule has 1 aliphatic heterocycles. The highest BCUT2D eigenvalue weighted by Gasteiger charge is 2.33. The third-order valence-electron chi connectivity index (χ3n) is 5.68. The van der Waals surface area contributed by atoms with Crippen molar-refractivity contribution in [1.29, 1.82) is 0 Å². The van der Waals surface area contributed by atoms with E-state index in [2.05, 4.69) is 10.2 Å². The molecule has 0 aromatic heterocycles. The molecule has 2 fully saturated rings. The summed E-state index contributed by atoms with van der Waals surface area (Å²) in [7, 11) is -3.21. The van der Waals surface area contributed by atoms with Gasteiger partial charge in [0.15, 0.2) is 0 Å². The van der Waals surface area contributed by atoms with Gasteiger partial charge in [0, 0.05) is 32.7 Å². The lowest BCUT2D eigenvalue weighted by Crippen LogP contribution is -2.41. The van der Waals surface area contributed by atoms with Gasteiger partial charge < -0.3 is 15.2 Å². The van der Waals surface area contributed by atoms with Crippen molar-refractivity contribution in [2.45, 2.75) is 63.0 Å². The van der Waals surface area contributed by atoms with Gasteiger partial charge in [0.25, 0.3) is 0 Å². The maximum atomic E-state index is 13.1. The van der Waals surface area contributed by atoms with Crippen LogP contribution in [0.3, 0.4) is 0 Å². The molecule has 1 saturated heterocycles. The summed E-state index contributed by atoms with van der Waals surface area (Å²) in [5.41, 5.74) is 0. The van der Waals surface area contributed by atoms with E-state index in [1.54, 1.807) is 4.31 Å². The summed E-state index contributed by atoms with van der Waals surface area (Å²) in [6.45, 7) is 5.94. The Labute approximate surface area is 169 Å². The number of hydrogen-bond donors (Lipinski definition) is 2. The van der Waals surface area contributed by atoms with E-state index in [1.807, 2.05) is 0 Å². The number of rotatable bonds is 13. The second-order valence-electron chi connectivity index (χ2n) is 7.80. The summed E-state index contributed by atoms with van der Waals surface area (Å²) in [5, 5.41) is 10.7. The number of amides is 1. The van der Waals surface area contributed by atoms with Gasteiger partial charge in [-0.15, -0.1) is 0 Å². The summed E-state index contributed by atoms with van der Waals surface area (Å²) >= 11 is 0. The highest BCUT2D eigenvalue weighted by Crippen LogP contribution is 2.27. The number of sulfonamides is 1. The maximum Gasteiger partial charge on any atom is 0.404 e. The van der Waals surface area contributed by atoms with Gasteiger partial charge in [0.2, 0.25) is 10.0 Å². The minimum absolute atomic E-state index is 0.198. The van der Waals surface area contributed by atoms with Crippen molar-refractivity contribution in [1.82, 2.24) is 14.5 Å². The topological polar surface area (TPSA) is 99.2 Å². The molecule has 1 aliphatic carbocycles. The van der Waals surface area contributed by atoms with Crippen molar-refractivity contribution in [3.05, 3.63) is 0 Å². The maximum absolute atomic E-state index is 13.1. The number of carbonyl (C=O) groups is 1. The van der Waals surface area contributed by atoms with E-state index in [0.29, 0.717) is 19.6 Å². The zero-order valence-electron chi connectivity index (χ0n) is 17.0. The van der Waals surface area contributed by atoms with E-state index in [1.165, 1.54) is 0 Å². The van der Waals surface area contributed by atoms with E-state index >= 15 is 0 Å². The van der Waals surface area contributed by atoms with Crippen LogP contribution in [0.5, 0.6) is 0 Å². The number of unbranched alkanes of at least 4 members (excludes halogenated alkanes) is 3. The van der Waals surface area contributed by atoms with E-state index in [0.717, 1.165) is 90.6 Å². The number of ether oxygens (including phenoxy) is 1. The van der Waals surface area contributed by atoms with Gasteiger partial charge in [-0.05, 0) is 38.6 Å². The Hall–Kier alpha value is -0.900. The number of nitrogens with zero attached hydrogens (tertiary/aromatic N) is 2. The monoisotopic (exact) mass is 419 g/mol. The molecule has 0 spiro atoms. The van der Waals surface area contributed by atoms with Crippen LogP contribution in [0.1, 0.15) is 57.8 Å². The molecule has 8 nitrogen and oxygen atoms in total. The average molecular weight is 420 g/mol. The summed E-state index contributed by atoms with van der Waals surface area (Å²) in [5.74, 6) is 0. The Morgan fingerprint density at radius 3 is 2.36 bits per heavy atom. The largest absolute Gasteiger partial charge is 0.465 e. The Morgan fingerprint density at radius 2 is 1.68 bits per heavy atom. The number of hydrogen-bond acceptors (Lipinski definition) is 5. The van der Waals surface area contributed by atoms with Crippen LogP contribution in [0.25, 0.3) is 0 Å². The van der Waals surface area contributed by atoms with Gasteiger partial charge >= 0.3 is 6.09 Å². The van der Waals surface area contributed by atoms with Gasteiger partial charge in [-0.2, -0.15) is 0 Å². The lowest BCUT2D eigenvalue weighted by molar-refractivity contribution is 0.0369. The van der Waals surface area contributed by atoms with Gasteiger partial charge in [-0.25, -0.2) is 17.5 Å². The molecule has 2 aliphatic rings. The molecule has 0 bridgehead atoms. The van der Waals surface area contributed by atoms with Crippen LogP contribution in [0.4, 0.5) is 4.79 Å². The molecule has 9 heteroatoms. The first-order chi connectivity index (χ1) is 13.5. The van der Waals surface area contributed by atoms with Gasteiger partial charge in [0.05, 0.1) is 18.5 Å². The quantitative estimate of drug-likeness (QED) is 0.444. The van der Waals surface area contributed by atoms with Crippen LogP contribution in [0.2, 0.25) is 0 Å². The molecule has 164 valence electrons. The fraction of sp³-hybridized carbons (Fsp3) is 0.947. The molecule has 1 amide bonds. The standard InChI is InChI=1S/C19H37N3O5S/c23-19(24)20-10-5-1-2-6-12-22(28(25,26)18-8-3-4-9-18)13-7-11-21-14-16-27-17-15-21/h18,20H,1-17H2,(H,23,24). The van der Waals surface area contributed by atoms with Crippen LogP contribution >= 0.6 is 0 Å². The summed E-state index contributed by atoms with van der Waals surface area (Å²) in [4.78, 5) is 12.8. The third kappa shape index (κ3) is 8.23. The molecule has 1 heterocycles. The van der Waals surface area contributed by atoms with E-state index in [9.17, 15) is 13.2 Å². The van der Waals surface area contributed by atoms with Crippen molar-refractivity contribution >= 4 is 16.1 Å². The SMILES string of the molecule is O=C(O)NCCCCCCN(CCCN1CCOCC1)S(=O)(=O)C1CCCC1. The van der Waals surface area contributed by atoms with Crippen molar-refractivity contribution in [2.75, 3.05) is 52.5 Å². The summed E-state index contributed by atoms with van der Waals surface area (Å²) < 4.78 is 33.3. The molecule has 0 aromatic rings. The van der Waals surface area contributed by atoms with Crippen LogP contribution < -0.4 is 5.32 Å². The van der Waals surface area contributed by atoms with E-state index in [4.69, 9.17) is 9.84 Å². The van der Waals surface area contributed by atoms with Gasteiger partial charge in [-0.1, -0.05) is 25.7 Å². The zero-order chi connectivity index (χ0) is 20.2. The van der Waals surface area contributed by atoms with Gasteiger partial charge in [0.1, 0.15) is 0 Å². The summed E-state index contributed by atoms with van der Waals surface area (Å²) in [6.07, 6.45) is 6.93. The molecular formula is C19H37N3O5S. The number of carboxylic acid groups (broad SMARTS) is 1. The Bertz CT molecular complexity index is 546. The molecule has 0 atom stereocenters. The molecule has 0 radical (unpaired) electrons. The lowest BCUT2D eigenvalue weighted by atomic mass is 10.2. The fourth-order valence-corrected chi connectivity index (χ4v) is 6.14. The van der Waals surface area contributed by atoms with Crippen LogP contribution in [-0.2, 0) is 14.8 Å².